The summed E-state index contributed by atoms with van der Waals surface area (Å²) in [5.74, 6) is 0. The molecule has 0 heterocycles. The molecule has 3 N–H and O–H groups in total. The van der Waals surface area contributed by atoms with E-state index in [2.05, 4.69) is 43.2 Å². The Morgan fingerprint density at radius 3 is 2.53 bits per heavy atom. The van der Waals surface area contributed by atoms with E-state index in [0.29, 0.717) is 15.8 Å². The van der Waals surface area contributed by atoms with Crippen molar-refractivity contribution in [3.63, 3.8) is 0 Å². The first-order valence-electron chi connectivity index (χ1n) is 5.22. The van der Waals surface area contributed by atoms with Crippen LogP contribution in [0.3, 0.4) is 0 Å². The molecule has 0 aromatic heterocycles. The highest BCUT2D eigenvalue weighted by Crippen LogP contribution is 2.27. The molecule has 7 heteroatoms. The summed E-state index contributed by atoms with van der Waals surface area (Å²) < 4.78 is 28.5. The predicted octanol–water partition coefficient (Wildman–Crippen LogP) is 3.44. The third-order valence-corrected chi connectivity index (χ3v) is 5.66. The van der Waals surface area contributed by atoms with Crippen molar-refractivity contribution in [2.24, 2.45) is 0 Å². The highest BCUT2D eigenvalue weighted by Gasteiger charge is 2.18. The molecule has 0 radical (unpaired) electrons. The van der Waals surface area contributed by atoms with Crippen LogP contribution in [-0.4, -0.2) is 8.42 Å². The van der Waals surface area contributed by atoms with Crippen molar-refractivity contribution in [3.8, 4) is 0 Å². The van der Waals surface area contributed by atoms with Crippen LogP contribution in [0.4, 0.5) is 11.4 Å². The normalized spacial score (nSPS) is 11.3. The summed E-state index contributed by atoms with van der Waals surface area (Å²) in [5.41, 5.74) is 6.57. The number of hydrogen-bond acceptors (Lipinski definition) is 3. The third-order valence-electron chi connectivity index (χ3n) is 2.36. The minimum atomic E-state index is -3.67. The van der Waals surface area contributed by atoms with E-state index < -0.39 is 10.0 Å². The first-order valence-corrected chi connectivity index (χ1v) is 8.58. The average Bonchev–Trinajstić information content (AvgIpc) is 2.35. The Morgan fingerprint density at radius 1 is 1.16 bits per heavy atom. The Labute approximate surface area is 133 Å². The zero-order chi connectivity index (χ0) is 14.0. The lowest BCUT2D eigenvalue weighted by Crippen LogP contribution is -2.14. The molecule has 0 saturated heterocycles. The summed E-state index contributed by atoms with van der Waals surface area (Å²) in [6.07, 6.45) is 0. The Hall–Kier alpha value is -0.800. The lowest BCUT2D eigenvalue weighted by Gasteiger charge is -2.11. The largest absolute Gasteiger partial charge is 0.399 e. The minimum Gasteiger partial charge on any atom is -0.399 e. The van der Waals surface area contributed by atoms with Crippen LogP contribution in [0.2, 0.25) is 0 Å². The summed E-state index contributed by atoms with van der Waals surface area (Å²) in [5, 5.41) is 0. The van der Waals surface area contributed by atoms with Crippen LogP contribution < -0.4 is 10.5 Å². The van der Waals surface area contributed by atoms with Crippen molar-refractivity contribution in [2.75, 3.05) is 10.5 Å². The number of sulfonamides is 1. The van der Waals surface area contributed by atoms with E-state index in [-0.39, 0.29) is 4.90 Å². The number of nitrogen functional groups attached to an aromatic ring is 1. The Kier molecular flexibility index (Phi) is 4.36. The number of nitrogens with one attached hydrogen (secondary N) is 1. The van der Waals surface area contributed by atoms with Gasteiger partial charge in [0.2, 0.25) is 0 Å². The van der Waals surface area contributed by atoms with E-state index in [9.17, 15) is 8.42 Å². The van der Waals surface area contributed by atoms with Gasteiger partial charge in [-0.1, -0.05) is 12.1 Å². The van der Waals surface area contributed by atoms with Gasteiger partial charge in [-0.2, -0.15) is 0 Å². The zero-order valence-corrected chi connectivity index (χ0v) is 14.2. The van der Waals surface area contributed by atoms with Gasteiger partial charge in [0, 0.05) is 13.7 Å². The fourth-order valence-corrected chi connectivity index (χ4v) is 4.25. The fraction of sp³-hybridized carbons (Fsp3) is 0. The van der Waals surface area contributed by atoms with Crippen LogP contribution in [0.5, 0.6) is 0 Å². The van der Waals surface area contributed by atoms with Gasteiger partial charge in [-0.15, -0.1) is 0 Å². The van der Waals surface area contributed by atoms with Crippen molar-refractivity contribution in [1.29, 1.82) is 0 Å². The molecule has 0 bridgehead atoms. The second-order valence-electron chi connectivity index (χ2n) is 3.78. The summed E-state index contributed by atoms with van der Waals surface area (Å²) in [7, 11) is -3.67. The van der Waals surface area contributed by atoms with Crippen molar-refractivity contribution in [2.45, 2.75) is 4.90 Å². The monoisotopic (exact) mass is 452 g/mol. The molecule has 0 aliphatic heterocycles. The van der Waals surface area contributed by atoms with E-state index in [1.54, 1.807) is 24.3 Å². The topological polar surface area (TPSA) is 72.2 Å². The maximum atomic E-state index is 12.3. The lowest BCUT2D eigenvalue weighted by molar-refractivity contribution is 0.601. The van der Waals surface area contributed by atoms with Gasteiger partial charge in [0.1, 0.15) is 4.90 Å². The molecule has 4 nitrogen and oxygen atoms in total. The number of para-hydroxylation sites is 1. The Morgan fingerprint density at radius 2 is 1.84 bits per heavy atom. The van der Waals surface area contributed by atoms with E-state index in [1.165, 1.54) is 6.07 Å². The smallest absolute Gasteiger partial charge is 0.263 e. The fourth-order valence-electron chi connectivity index (χ4n) is 1.47. The van der Waals surface area contributed by atoms with Gasteiger partial charge >= 0.3 is 0 Å². The van der Waals surface area contributed by atoms with Crippen LogP contribution in [0.15, 0.2) is 51.8 Å². The molecule has 0 unspecified atom stereocenters. The molecule has 0 fully saturated rings. The summed E-state index contributed by atoms with van der Waals surface area (Å²) in [4.78, 5) is 0.118. The number of benzene rings is 2. The first kappa shape index (κ1) is 14.6. The molecule has 2 aromatic rings. The molecule has 19 heavy (non-hydrogen) atoms. The van der Waals surface area contributed by atoms with Crippen LogP contribution in [0, 0.1) is 3.57 Å². The van der Waals surface area contributed by atoms with E-state index >= 15 is 0 Å². The maximum Gasteiger partial charge on any atom is 0.263 e. The number of rotatable bonds is 3. The summed E-state index contributed by atoms with van der Waals surface area (Å²) in [6, 6.07) is 11.8. The Bertz CT molecular complexity index is 719. The Balaban J connectivity index is 2.44. The van der Waals surface area contributed by atoms with Crippen LogP contribution >= 0.6 is 38.5 Å². The summed E-state index contributed by atoms with van der Waals surface area (Å²) >= 11 is 5.29. The van der Waals surface area contributed by atoms with Crippen LogP contribution in [0.1, 0.15) is 0 Å². The number of nitrogens with two attached hydrogens (primary N) is 1. The number of hydrogen-bond donors (Lipinski definition) is 2. The van der Waals surface area contributed by atoms with E-state index in [1.807, 2.05) is 12.1 Å². The van der Waals surface area contributed by atoms with Crippen molar-refractivity contribution >= 4 is 59.9 Å². The van der Waals surface area contributed by atoms with Gasteiger partial charge in [0.05, 0.1) is 5.69 Å². The molecule has 0 aliphatic rings. The highest BCUT2D eigenvalue weighted by molar-refractivity contribution is 14.1. The molecular formula is C12H10BrIN2O2S. The van der Waals surface area contributed by atoms with Crippen molar-refractivity contribution in [1.82, 2.24) is 0 Å². The van der Waals surface area contributed by atoms with Crippen LogP contribution in [0.25, 0.3) is 0 Å². The minimum absolute atomic E-state index is 0.118. The SMILES string of the molecule is Nc1ccc(Br)c(S(=O)(=O)Nc2ccccc2I)c1. The number of anilines is 2. The lowest BCUT2D eigenvalue weighted by atomic mass is 10.3. The quantitative estimate of drug-likeness (QED) is 0.553. The van der Waals surface area contributed by atoms with Gasteiger partial charge in [0.25, 0.3) is 10.0 Å². The average molecular weight is 453 g/mol. The third kappa shape index (κ3) is 3.40. The zero-order valence-electron chi connectivity index (χ0n) is 9.60. The number of halogens is 2. The van der Waals surface area contributed by atoms with Gasteiger partial charge in [-0.25, -0.2) is 8.42 Å². The second-order valence-corrected chi connectivity index (χ2v) is 7.44. The molecule has 0 saturated carbocycles. The molecule has 2 rings (SSSR count). The van der Waals surface area contributed by atoms with Gasteiger partial charge in [-0.3, -0.25) is 4.72 Å². The highest BCUT2D eigenvalue weighted by atomic mass is 127. The molecule has 0 atom stereocenters. The summed E-state index contributed by atoms with van der Waals surface area (Å²) in [6.45, 7) is 0. The van der Waals surface area contributed by atoms with Crippen LogP contribution in [-0.2, 0) is 10.0 Å². The van der Waals surface area contributed by atoms with Gasteiger partial charge in [0.15, 0.2) is 0 Å². The molecule has 100 valence electrons. The molecule has 2 aromatic carbocycles. The maximum absolute atomic E-state index is 12.3. The standard InChI is InChI=1S/C12H10BrIN2O2S/c13-9-6-5-8(15)7-12(9)19(17,18)16-11-4-2-1-3-10(11)14/h1-7,16H,15H2. The molecular weight excluding hydrogens is 443 g/mol. The molecule has 0 aliphatic carbocycles. The second kappa shape index (κ2) is 5.68. The first-order chi connectivity index (χ1) is 8.90. The molecule has 0 amide bonds. The van der Waals surface area contributed by atoms with Crippen molar-refractivity contribution < 1.29 is 8.42 Å². The molecule has 0 spiro atoms. The van der Waals surface area contributed by atoms with Gasteiger partial charge in [-0.05, 0) is 68.9 Å². The van der Waals surface area contributed by atoms with E-state index in [0.717, 1.165) is 3.57 Å². The van der Waals surface area contributed by atoms with Gasteiger partial charge < -0.3 is 5.73 Å². The van der Waals surface area contributed by atoms with Crippen molar-refractivity contribution in [3.05, 3.63) is 50.5 Å². The van der Waals surface area contributed by atoms with E-state index in [4.69, 9.17) is 5.73 Å². The predicted molar refractivity (Wildman–Crippen MR) is 88.5 cm³/mol.